The highest BCUT2D eigenvalue weighted by molar-refractivity contribution is 7.97. The molecule has 2 aromatic rings. The Morgan fingerprint density at radius 2 is 1.68 bits per heavy atom. The van der Waals surface area contributed by atoms with E-state index in [1.54, 1.807) is 30.5 Å². The molecule has 1 aromatic heterocycles. The highest BCUT2D eigenvalue weighted by Gasteiger charge is 2.21. The number of rotatable bonds is 4. The van der Waals surface area contributed by atoms with Gasteiger partial charge in [-0.25, -0.2) is 9.29 Å². The Labute approximate surface area is 156 Å². The summed E-state index contributed by atoms with van der Waals surface area (Å²) < 4.78 is 8.21. The molecule has 1 aromatic carbocycles. The third kappa shape index (κ3) is 7.75. The van der Waals surface area contributed by atoms with E-state index in [2.05, 4.69) is 26.4 Å². The number of nitrogens with two attached hydrogens (primary N) is 1. The van der Waals surface area contributed by atoms with Crippen molar-refractivity contribution in [3.05, 3.63) is 42.9 Å². The molecule has 0 unspecified atom stereocenters. The van der Waals surface area contributed by atoms with Gasteiger partial charge in [0.05, 0.1) is 6.20 Å². The second kappa shape index (κ2) is 12.6. The summed E-state index contributed by atoms with van der Waals surface area (Å²) in [5.74, 6) is 0.613. The van der Waals surface area contributed by atoms with E-state index in [1.807, 2.05) is 39.8 Å². The molecule has 25 heavy (non-hydrogen) atoms. The van der Waals surface area contributed by atoms with Crippen LogP contribution in [0.15, 0.2) is 47.8 Å². The number of aromatic nitrogens is 2. The molecule has 2 heterocycles. The van der Waals surface area contributed by atoms with E-state index in [9.17, 15) is 0 Å². The predicted molar refractivity (Wildman–Crippen MR) is 107 cm³/mol. The van der Waals surface area contributed by atoms with Crippen LogP contribution in [-0.2, 0) is 0 Å². The lowest BCUT2D eigenvalue weighted by Gasteiger charge is -2.30. The first-order chi connectivity index (χ1) is 12.3. The molecule has 0 saturated carbocycles. The first-order valence-corrected chi connectivity index (χ1v) is 9.78. The highest BCUT2D eigenvalue weighted by atomic mass is 32.2. The molecule has 1 saturated heterocycles. The van der Waals surface area contributed by atoms with Gasteiger partial charge in [-0.2, -0.15) is 0 Å². The largest absolute Gasteiger partial charge is 0.473 e. The first-order valence-electron chi connectivity index (χ1n) is 9.01. The summed E-state index contributed by atoms with van der Waals surface area (Å²) in [5, 5.41) is 0. The Bertz CT molecular complexity index is 557. The number of nitrogens with zero attached hydrogens (tertiary/aromatic N) is 3. The quantitative estimate of drug-likeness (QED) is 0.630. The maximum atomic E-state index is 5.84. The number of piperidine rings is 1. The van der Waals surface area contributed by atoms with Gasteiger partial charge in [0.25, 0.3) is 0 Å². The van der Waals surface area contributed by atoms with Crippen molar-refractivity contribution >= 4 is 17.6 Å². The predicted octanol–water partition coefficient (Wildman–Crippen LogP) is 4.66. The van der Waals surface area contributed by atoms with Crippen LogP contribution in [-0.4, -0.2) is 33.5 Å². The van der Waals surface area contributed by atoms with Gasteiger partial charge in [0.2, 0.25) is 5.88 Å². The Morgan fingerprint density at radius 1 is 1.04 bits per heavy atom. The lowest BCUT2D eigenvalue weighted by Crippen LogP contribution is -2.34. The Kier molecular flexibility index (Phi) is 10.7. The minimum atomic E-state index is 0.227. The van der Waals surface area contributed by atoms with E-state index in [-0.39, 0.29) is 6.10 Å². The molecule has 3 rings (SSSR count). The van der Waals surface area contributed by atoms with Crippen molar-refractivity contribution in [2.75, 3.05) is 18.8 Å². The molecule has 138 valence electrons. The van der Waals surface area contributed by atoms with Crippen molar-refractivity contribution < 1.29 is 4.74 Å². The molecule has 1 fully saturated rings. The summed E-state index contributed by atoms with van der Waals surface area (Å²) in [6.07, 6.45) is 7.19. The molecular weight excluding hydrogens is 332 g/mol. The van der Waals surface area contributed by atoms with Crippen molar-refractivity contribution in [1.29, 1.82) is 0 Å². The van der Waals surface area contributed by atoms with Gasteiger partial charge in [-0.05, 0) is 49.1 Å². The van der Waals surface area contributed by atoms with Crippen LogP contribution in [0.5, 0.6) is 5.88 Å². The summed E-state index contributed by atoms with van der Waals surface area (Å²) in [5.41, 5.74) is 6.50. The molecule has 1 aliphatic rings. The Balaban J connectivity index is 0.000000730. The van der Waals surface area contributed by atoms with Crippen molar-refractivity contribution in [2.45, 2.75) is 51.5 Å². The van der Waals surface area contributed by atoms with Gasteiger partial charge in [0.1, 0.15) is 6.10 Å². The van der Waals surface area contributed by atoms with Gasteiger partial charge in [-0.3, -0.25) is 4.98 Å². The van der Waals surface area contributed by atoms with Gasteiger partial charge >= 0.3 is 0 Å². The van der Waals surface area contributed by atoms with E-state index in [0.29, 0.717) is 5.88 Å². The van der Waals surface area contributed by atoms with Crippen molar-refractivity contribution in [3.8, 4) is 5.88 Å². The second-order valence-electron chi connectivity index (χ2n) is 4.95. The summed E-state index contributed by atoms with van der Waals surface area (Å²) in [7, 11) is 0. The topological polar surface area (TPSA) is 64.3 Å². The van der Waals surface area contributed by atoms with Crippen LogP contribution >= 0.6 is 11.9 Å². The summed E-state index contributed by atoms with van der Waals surface area (Å²) in [6.45, 7) is 10.00. The third-order valence-electron chi connectivity index (χ3n) is 3.34. The van der Waals surface area contributed by atoms with Gasteiger partial charge in [-0.1, -0.05) is 27.7 Å². The zero-order chi connectivity index (χ0) is 18.5. The molecule has 5 nitrogen and oxygen atoms in total. The monoisotopic (exact) mass is 362 g/mol. The minimum Gasteiger partial charge on any atom is -0.473 e. The second-order valence-corrected chi connectivity index (χ2v) is 6.12. The molecule has 0 aliphatic carbocycles. The smallest absolute Gasteiger partial charge is 0.232 e. The number of nitrogen functional groups attached to an aromatic ring is 1. The van der Waals surface area contributed by atoms with E-state index < -0.39 is 0 Å². The number of ether oxygens (including phenoxy) is 1. The molecule has 6 heteroatoms. The maximum Gasteiger partial charge on any atom is 0.232 e. The zero-order valence-corrected chi connectivity index (χ0v) is 16.5. The average molecular weight is 363 g/mol. The highest BCUT2D eigenvalue weighted by Crippen LogP contribution is 2.27. The number of hydrogen-bond acceptors (Lipinski definition) is 6. The fourth-order valence-electron chi connectivity index (χ4n) is 2.24. The maximum absolute atomic E-state index is 5.84. The van der Waals surface area contributed by atoms with Crippen molar-refractivity contribution in [3.63, 3.8) is 0 Å². The van der Waals surface area contributed by atoms with Crippen LogP contribution in [0.1, 0.15) is 40.5 Å². The number of benzene rings is 1. The van der Waals surface area contributed by atoms with E-state index in [1.165, 1.54) is 4.90 Å². The summed E-state index contributed by atoms with van der Waals surface area (Å²) in [4.78, 5) is 9.39. The number of anilines is 1. The lowest BCUT2D eigenvalue weighted by atomic mass is 10.1. The molecule has 0 spiro atoms. The van der Waals surface area contributed by atoms with Crippen LogP contribution in [0.2, 0.25) is 0 Å². The van der Waals surface area contributed by atoms with Crippen LogP contribution in [0.3, 0.4) is 0 Å². The Hall–Kier alpha value is -1.79. The fourth-order valence-corrected chi connectivity index (χ4v) is 3.19. The van der Waals surface area contributed by atoms with Gasteiger partial charge in [0, 0.05) is 36.1 Å². The van der Waals surface area contributed by atoms with E-state index in [4.69, 9.17) is 10.5 Å². The van der Waals surface area contributed by atoms with Crippen molar-refractivity contribution in [2.24, 2.45) is 0 Å². The summed E-state index contributed by atoms with van der Waals surface area (Å²) in [6, 6.07) is 7.99. The van der Waals surface area contributed by atoms with E-state index in [0.717, 1.165) is 31.6 Å². The Morgan fingerprint density at radius 3 is 2.24 bits per heavy atom. The van der Waals surface area contributed by atoms with Crippen LogP contribution in [0, 0.1) is 0 Å². The molecular formula is C19H30N4OS. The van der Waals surface area contributed by atoms with Gasteiger partial charge < -0.3 is 10.5 Å². The molecule has 0 atom stereocenters. The summed E-state index contributed by atoms with van der Waals surface area (Å²) >= 11 is 1.78. The SMILES string of the molecule is CC.CC.Nc1ccc(SN2CCC(Oc3cnccn3)CC2)cc1. The lowest BCUT2D eigenvalue weighted by molar-refractivity contribution is 0.133. The van der Waals surface area contributed by atoms with Crippen LogP contribution in [0.4, 0.5) is 5.69 Å². The standard InChI is InChI=1S/C15H18N4OS.2C2H6/c16-12-1-3-14(4-2-12)21-19-9-5-13(6-10-19)20-15-11-17-7-8-18-15;2*1-2/h1-4,7-8,11,13H,5-6,9-10,16H2;2*1-2H3. The van der Waals surface area contributed by atoms with Gasteiger partial charge in [-0.15, -0.1) is 0 Å². The van der Waals surface area contributed by atoms with Crippen LogP contribution < -0.4 is 10.5 Å². The number of hydrogen-bond donors (Lipinski definition) is 1. The molecule has 2 N–H and O–H groups in total. The first kappa shape index (κ1) is 21.3. The fraction of sp³-hybridized carbons (Fsp3) is 0.474. The van der Waals surface area contributed by atoms with Crippen molar-refractivity contribution in [1.82, 2.24) is 14.3 Å². The molecule has 0 radical (unpaired) electrons. The normalized spacial score (nSPS) is 14.6. The van der Waals surface area contributed by atoms with E-state index >= 15 is 0 Å². The minimum absolute atomic E-state index is 0.227. The van der Waals surface area contributed by atoms with Gasteiger partial charge in [0.15, 0.2) is 0 Å². The average Bonchev–Trinajstić information content (AvgIpc) is 2.69. The zero-order valence-electron chi connectivity index (χ0n) is 15.7. The third-order valence-corrected chi connectivity index (χ3v) is 4.45. The molecule has 0 bridgehead atoms. The van der Waals surface area contributed by atoms with Crippen LogP contribution in [0.25, 0.3) is 0 Å². The molecule has 0 amide bonds. The molecule has 1 aliphatic heterocycles.